The molecule has 7 saturated heterocycles. The van der Waals surface area contributed by atoms with Gasteiger partial charge in [0.15, 0.2) is 9.52 Å². The van der Waals surface area contributed by atoms with Crippen molar-refractivity contribution in [2.45, 2.75) is 49.7 Å². The van der Waals surface area contributed by atoms with Gasteiger partial charge >= 0.3 is 0 Å². The summed E-state index contributed by atoms with van der Waals surface area (Å²) in [5, 5.41) is 6.14. The summed E-state index contributed by atoms with van der Waals surface area (Å²) in [6.07, 6.45) is 6.66. The number of nitrogens with two attached hydrogens (primary N) is 1. The smallest absolute Gasteiger partial charge is 0.211 e. The zero-order valence-corrected chi connectivity index (χ0v) is 30.4. The Labute approximate surface area is 299 Å². The number of aliphatic imine (C=N–C) groups is 1. The lowest BCUT2D eigenvalue weighted by atomic mass is 9.74. The fourth-order valence-corrected chi connectivity index (χ4v) is 10.7. The monoisotopic (exact) mass is 776 g/mol. The van der Waals surface area contributed by atoms with Gasteiger partial charge in [-0.05, 0) is 110 Å². The molecule has 0 radical (unpaired) electrons. The Balaban J connectivity index is 0.000000114. The van der Waals surface area contributed by atoms with E-state index in [2.05, 4.69) is 51.3 Å². The van der Waals surface area contributed by atoms with Crippen molar-refractivity contribution in [1.29, 1.82) is 0 Å². The van der Waals surface area contributed by atoms with Crippen LogP contribution in [0.3, 0.4) is 0 Å². The Morgan fingerprint density at radius 1 is 0.851 bits per heavy atom. The lowest BCUT2D eigenvalue weighted by Gasteiger charge is -2.49. The lowest BCUT2D eigenvalue weighted by molar-refractivity contribution is -0.150. The molecule has 8 aliphatic rings. The van der Waals surface area contributed by atoms with Crippen LogP contribution in [-0.2, 0) is 9.68 Å². The fourth-order valence-electron chi connectivity index (χ4n) is 7.89. The molecule has 4 bridgehead atoms. The van der Waals surface area contributed by atoms with E-state index in [-0.39, 0.29) is 11.2 Å². The number of aromatic nitrogens is 2. The summed E-state index contributed by atoms with van der Waals surface area (Å²) < 4.78 is 3.08. The topological polar surface area (TPSA) is 113 Å². The first-order chi connectivity index (χ1) is 22.7. The molecule has 1 unspecified atom stereocenters. The second-order valence-electron chi connectivity index (χ2n) is 13.2. The maximum atomic E-state index is 6.04. The molecule has 10 heterocycles. The molecule has 47 heavy (non-hydrogen) atoms. The number of rotatable bonds is 1. The first-order valence-electron chi connectivity index (χ1n) is 16.0. The number of halogens is 3. The van der Waals surface area contributed by atoms with Crippen LogP contribution >= 0.6 is 61.8 Å². The summed E-state index contributed by atoms with van der Waals surface area (Å²) in [5.41, 5.74) is 10.6. The lowest BCUT2D eigenvalue weighted by Crippen LogP contribution is -2.59. The predicted octanol–water partition coefficient (Wildman–Crippen LogP) is 7.22. The van der Waals surface area contributed by atoms with Crippen molar-refractivity contribution in [2.75, 3.05) is 39.3 Å². The number of amidine groups is 2. The zero-order chi connectivity index (χ0) is 32.2. The van der Waals surface area contributed by atoms with E-state index in [4.69, 9.17) is 38.6 Å². The summed E-state index contributed by atoms with van der Waals surface area (Å²) in [5.74, 6) is 2.89. The molecule has 2 atom stereocenters. The number of piperidine rings is 6. The Bertz CT molecular complexity index is 1850. The molecule has 2 aromatic carbocycles. The first kappa shape index (κ1) is 32.1. The zero-order valence-electron chi connectivity index (χ0n) is 25.6. The third-order valence-electron chi connectivity index (χ3n) is 10.2. The normalized spacial score (nSPS) is 32.7. The maximum Gasteiger partial charge on any atom is 0.211 e. The Kier molecular flexibility index (Phi) is 8.87. The average Bonchev–Trinajstić information content (AvgIpc) is 3.84. The maximum absolute atomic E-state index is 6.04. The number of thiazole rings is 2. The molecule has 7 fully saturated rings. The molecule has 2 spiro atoms. The van der Waals surface area contributed by atoms with Crippen LogP contribution in [0.4, 0.5) is 5.13 Å². The summed E-state index contributed by atoms with van der Waals surface area (Å²) in [6.45, 7) is 6.92. The van der Waals surface area contributed by atoms with Crippen LogP contribution in [0.25, 0.3) is 20.4 Å². The first-order valence-corrected chi connectivity index (χ1v) is 19.2. The number of hydroxylamine groups is 1. The number of fused-ring (bicyclic) bond motifs is 6. The standard InChI is InChI=1S/C16H17ClN4OS.C9H15N3O.C7H3BrClNS/c17-11-1-2-12-13(7-11)23-15(18-12)19-14-8-16(22-20-14)9-21-5-3-10(16)4-6-21;10-8-5-9(13-11-8)6-12-3-1-7(9)2-4-12;8-7-10-5-2-1-4(9)3-6(5)11-7/h1-2,7,10H,3-6,8-9H2,(H,18,19,20);7H,1-6H2,(H2,10,11);1-3H/t16-;;/m0../s1. The van der Waals surface area contributed by atoms with Crippen molar-refractivity contribution in [2.24, 2.45) is 27.7 Å². The van der Waals surface area contributed by atoms with E-state index >= 15 is 0 Å². The number of benzene rings is 2. The van der Waals surface area contributed by atoms with Crippen molar-refractivity contribution in [3.8, 4) is 0 Å². The predicted molar refractivity (Wildman–Crippen MR) is 194 cm³/mol. The number of nitrogens with zero attached hydrogens (tertiary/aromatic N) is 6. The van der Waals surface area contributed by atoms with E-state index < -0.39 is 0 Å². The van der Waals surface area contributed by atoms with Gasteiger partial charge in [0.1, 0.15) is 17.3 Å². The molecule has 0 amide bonds. The molecule has 8 aliphatic heterocycles. The second-order valence-corrected chi connectivity index (χ2v) is 17.4. The Morgan fingerprint density at radius 2 is 1.45 bits per heavy atom. The molecule has 0 aliphatic carbocycles. The molecule has 0 saturated carbocycles. The Morgan fingerprint density at radius 3 is 2.02 bits per heavy atom. The average molecular weight is 779 g/mol. The highest BCUT2D eigenvalue weighted by Gasteiger charge is 2.53. The van der Waals surface area contributed by atoms with Crippen LogP contribution in [0.15, 0.2) is 50.5 Å². The minimum absolute atomic E-state index is 0.0411. The molecule has 15 heteroatoms. The van der Waals surface area contributed by atoms with E-state index in [9.17, 15) is 0 Å². The minimum Gasteiger partial charge on any atom is -0.386 e. The van der Waals surface area contributed by atoms with Gasteiger partial charge in [-0.1, -0.05) is 39.7 Å². The molecule has 2 aromatic heterocycles. The van der Waals surface area contributed by atoms with E-state index in [0.29, 0.717) is 17.7 Å². The van der Waals surface area contributed by atoms with Crippen molar-refractivity contribution in [3.63, 3.8) is 0 Å². The van der Waals surface area contributed by atoms with Crippen LogP contribution in [0.1, 0.15) is 38.5 Å². The summed E-state index contributed by atoms with van der Waals surface area (Å²) in [4.78, 5) is 30.0. The molecular formula is C32H35BrCl2N8O2S2. The second kappa shape index (κ2) is 13.0. The van der Waals surface area contributed by atoms with Gasteiger partial charge in [-0.15, -0.1) is 11.3 Å². The van der Waals surface area contributed by atoms with Crippen LogP contribution in [0, 0.1) is 11.8 Å². The highest BCUT2D eigenvalue weighted by molar-refractivity contribution is 9.11. The van der Waals surface area contributed by atoms with Crippen LogP contribution in [0.5, 0.6) is 0 Å². The van der Waals surface area contributed by atoms with Gasteiger partial charge in [-0.25, -0.2) is 15.0 Å². The molecule has 10 nitrogen and oxygen atoms in total. The summed E-state index contributed by atoms with van der Waals surface area (Å²) in [7, 11) is 0. The van der Waals surface area contributed by atoms with Gasteiger partial charge < -0.3 is 15.5 Å². The third kappa shape index (κ3) is 6.62. The van der Waals surface area contributed by atoms with Crippen molar-refractivity contribution >= 4 is 99.0 Å². The quantitative estimate of drug-likeness (QED) is 0.208. The highest BCUT2D eigenvalue weighted by atomic mass is 79.9. The molecule has 248 valence electrons. The van der Waals surface area contributed by atoms with Gasteiger partial charge in [0.25, 0.3) is 0 Å². The summed E-state index contributed by atoms with van der Waals surface area (Å²) >= 11 is 18.3. The van der Waals surface area contributed by atoms with Gasteiger partial charge in [-0.2, -0.15) is 0 Å². The molecular weight excluding hydrogens is 743 g/mol. The van der Waals surface area contributed by atoms with E-state index in [1.807, 2.05) is 36.4 Å². The minimum atomic E-state index is -0.0880. The van der Waals surface area contributed by atoms with Crippen LogP contribution in [0.2, 0.25) is 10.0 Å². The summed E-state index contributed by atoms with van der Waals surface area (Å²) in [6, 6.07) is 11.4. The van der Waals surface area contributed by atoms with E-state index in [1.165, 1.54) is 51.9 Å². The van der Waals surface area contributed by atoms with Crippen LogP contribution in [-0.4, -0.2) is 81.9 Å². The van der Waals surface area contributed by atoms with Gasteiger partial charge in [-0.3, -0.25) is 15.2 Å². The SMILES string of the molecule is Clc1ccc2nc(Br)sc2c1.Clc1ccc2nc(N=C3C[C@@]4(CN5CCC4CC5)ON3)sc2c1.NC1=NOC2(C1)CN1CCC2CC1. The highest BCUT2D eigenvalue weighted by Crippen LogP contribution is 2.44. The molecule has 12 rings (SSSR count). The number of oxime groups is 1. The molecule has 4 aromatic rings. The van der Waals surface area contributed by atoms with Gasteiger partial charge in [0, 0.05) is 35.5 Å². The van der Waals surface area contributed by atoms with E-state index in [1.54, 1.807) is 22.7 Å². The van der Waals surface area contributed by atoms with Gasteiger partial charge in [0.2, 0.25) is 5.13 Å². The van der Waals surface area contributed by atoms with Crippen molar-refractivity contribution in [1.82, 2.24) is 25.2 Å². The van der Waals surface area contributed by atoms with Crippen LogP contribution < -0.4 is 11.2 Å². The third-order valence-corrected chi connectivity index (χ3v) is 13.1. The number of hydrogen-bond donors (Lipinski definition) is 2. The van der Waals surface area contributed by atoms with Crippen molar-refractivity contribution in [3.05, 3.63) is 50.4 Å². The van der Waals surface area contributed by atoms with Gasteiger partial charge in [0.05, 0.1) is 26.9 Å². The van der Waals surface area contributed by atoms with Crippen molar-refractivity contribution < 1.29 is 9.68 Å². The fraction of sp³-hybridized carbons (Fsp3) is 0.500. The number of nitrogens with one attached hydrogen (secondary N) is 1. The Hall–Kier alpha value is -2.10. The largest absolute Gasteiger partial charge is 0.386 e. The molecule has 3 N–H and O–H groups in total. The van der Waals surface area contributed by atoms with E-state index in [0.717, 1.165) is 71.3 Å². The number of hydrogen-bond acceptors (Lipinski definition) is 11.